The largest absolute Gasteiger partial charge is 0.497 e. The predicted octanol–water partition coefficient (Wildman–Crippen LogP) is 3.01. The molecule has 1 aromatic carbocycles. The lowest BCUT2D eigenvalue weighted by atomic mass is 9.70. The zero-order valence-corrected chi connectivity index (χ0v) is 26.8. The molecule has 0 aliphatic carbocycles. The van der Waals surface area contributed by atoms with Crippen molar-refractivity contribution in [2.75, 3.05) is 31.7 Å². The third kappa shape index (κ3) is 6.51. The highest BCUT2D eigenvalue weighted by molar-refractivity contribution is 6.05. The van der Waals surface area contributed by atoms with Gasteiger partial charge in [-0.1, -0.05) is 32.4 Å². The first-order valence-corrected chi connectivity index (χ1v) is 15.8. The molecule has 11 nitrogen and oxygen atoms in total. The molecule has 8 atom stereocenters. The minimum absolute atomic E-state index is 0.121. The van der Waals surface area contributed by atoms with E-state index in [0.29, 0.717) is 37.1 Å². The van der Waals surface area contributed by atoms with Gasteiger partial charge >= 0.3 is 5.97 Å². The van der Waals surface area contributed by atoms with Crippen molar-refractivity contribution in [1.82, 2.24) is 10.2 Å². The van der Waals surface area contributed by atoms with Crippen molar-refractivity contribution in [2.45, 2.75) is 82.8 Å². The van der Waals surface area contributed by atoms with Crippen LogP contribution in [0.15, 0.2) is 49.6 Å². The topological polar surface area (TPSA) is 135 Å². The van der Waals surface area contributed by atoms with Crippen LogP contribution < -0.4 is 15.0 Å². The lowest BCUT2D eigenvalue weighted by Gasteiger charge is -2.40. The minimum atomic E-state index is -1.27. The molecule has 0 aromatic heterocycles. The summed E-state index contributed by atoms with van der Waals surface area (Å²) >= 11 is 0. The number of hydrogen-bond donors (Lipinski definition) is 2. The van der Waals surface area contributed by atoms with Crippen LogP contribution in [0.5, 0.6) is 5.75 Å². The molecule has 0 saturated carbocycles. The van der Waals surface area contributed by atoms with E-state index in [1.807, 2.05) is 13.8 Å². The number of benzene rings is 1. The number of allylic oxidation sites excluding steroid dienone is 1. The second-order valence-corrected chi connectivity index (χ2v) is 12.3. The summed E-state index contributed by atoms with van der Waals surface area (Å²) in [6, 6.07) is 5.28. The molecule has 4 rings (SSSR count). The van der Waals surface area contributed by atoms with Crippen molar-refractivity contribution in [2.24, 2.45) is 17.8 Å². The Kier molecular flexibility index (Phi) is 11.1. The number of carbonyl (C=O) groups is 4. The van der Waals surface area contributed by atoms with Gasteiger partial charge in [-0.2, -0.15) is 0 Å². The van der Waals surface area contributed by atoms with Gasteiger partial charge in [0.2, 0.25) is 11.8 Å². The smallest absolute Gasteiger partial charge is 0.312 e. The molecule has 2 N–H and O–H groups in total. The van der Waals surface area contributed by atoms with Crippen LogP contribution in [0.25, 0.3) is 0 Å². The van der Waals surface area contributed by atoms with Gasteiger partial charge in [-0.25, -0.2) is 0 Å². The quantitative estimate of drug-likeness (QED) is 0.212. The lowest BCUT2D eigenvalue weighted by Crippen LogP contribution is -2.60. The van der Waals surface area contributed by atoms with Crippen molar-refractivity contribution in [3.05, 3.63) is 49.6 Å². The monoisotopic (exact) mass is 625 g/mol. The molecule has 3 amide bonds. The first-order valence-electron chi connectivity index (χ1n) is 15.8. The number of likely N-dealkylation sites (tertiary alicyclic amines) is 1. The van der Waals surface area contributed by atoms with Crippen LogP contribution in [0.2, 0.25) is 0 Å². The Morgan fingerprint density at radius 2 is 1.93 bits per heavy atom. The number of anilines is 1. The number of nitrogens with one attached hydrogen (secondary N) is 1. The average molecular weight is 626 g/mol. The molecular weight excluding hydrogens is 578 g/mol. The molecule has 11 heteroatoms. The zero-order valence-electron chi connectivity index (χ0n) is 26.8. The van der Waals surface area contributed by atoms with Crippen molar-refractivity contribution >= 4 is 29.4 Å². The minimum Gasteiger partial charge on any atom is -0.497 e. The maximum atomic E-state index is 14.7. The highest BCUT2D eigenvalue weighted by Gasteiger charge is 2.76. The standard InChI is InChI=1S/C34H47N3O8/c1-7-10-11-27(39)35-19-22(5)44-33(42)28-26-16-17-34(45-26)29(28)31(40)37(25(20-38)21(4)9-3)30(34)32(41)36(18-8-2)23-12-14-24(43-6)15-13-23/h7-8,12-15,21-22,25-26,28-30,38H,1-2,9-11,16-20H2,3-6H3,(H,35,39)/t21-,22+,25-,26+,28-,29-,30+,34-/m0/s1. The van der Waals surface area contributed by atoms with Gasteiger partial charge in [-0.05, 0) is 56.4 Å². The van der Waals surface area contributed by atoms with Crippen molar-refractivity contribution in [3.63, 3.8) is 0 Å². The van der Waals surface area contributed by atoms with Gasteiger partial charge < -0.3 is 34.4 Å². The second-order valence-electron chi connectivity index (χ2n) is 12.3. The van der Waals surface area contributed by atoms with Gasteiger partial charge in [-0.3, -0.25) is 19.2 Å². The Hall–Kier alpha value is -3.70. The van der Waals surface area contributed by atoms with Gasteiger partial charge in [0.1, 0.15) is 23.5 Å². The fourth-order valence-corrected chi connectivity index (χ4v) is 7.07. The van der Waals surface area contributed by atoms with Gasteiger partial charge in [0.05, 0.1) is 44.2 Å². The van der Waals surface area contributed by atoms with Crippen LogP contribution in [-0.4, -0.2) is 90.4 Å². The van der Waals surface area contributed by atoms with Crippen molar-refractivity contribution in [1.29, 1.82) is 0 Å². The third-order valence-electron chi connectivity index (χ3n) is 9.53. The van der Waals surface area contributed by atoms with Crippen LogP contribution in [0.4, 0.5) is 5.69 Å². The number of esters is 1. The lowest BCUT2D eigenvalue weighted by molar-refractivity contribution is -0.160. The molecule has 3 heterocycles. The first kappa shape index (κ1) is 34.2. The van der Waals surface area contributed by atoms with E-state index in [-0.39, 0.29) is 43.8 Å². The first-order chi connectivity index (χ1) is 21.6. The summed E-state index contributed by atoms with van der Waals surface area (Å²) in [5.74, 6) is -2.92. The Bertz CT molecular complexity index is 1270. The summed E-state index contributed by atoms with van der Waals surface area (Å²) in [4.78, 5) is 58.0. The number of methoxy groups -OCH3 is 1. The van der Waals surface area contributed by atoms with E-state index in [2.05, 4.69) is 18.5 Å². The SMILES string of the molecule is C=CCCC(=O)NC[C@@H](C)OC(=O)[C@@H]1[C@H]2C(=O)N([C@@H](CO)[C@@H](C)CC)[C@H](C(=O)N(CC=C)c3ccc(OC)cc3)[C@]23CC[C@H]1O3. The van der Waals surface area contributed by atoms with Gasteiger partial charge in [0, 0.05) is 18.7 Å². The van der Waals surface area contributed by atoms with E-state index >= 15 is 0 Å². The Balaban J connectivity index is 1.67. The molecule has 3 aliphatic heterocycles. The normalized spacial score (nSPS) is 26.9. The molecule has 3 fully saturated rings. The summed E-state index contributed by atoms with van der Waals surface area (Å²) in [5, 5.41) is 13.3. The highest BCUT2D eigenvalue weighted by atomic mass is 16.6. The summed E-state index contributed by atoms with van der Waals surface area (Å²) in [6.45, 7) is 13.0. The van der Waals surface area contributed by atoms with Crippen LogP contribution >= 0.6 is 0 Å². The molecule has 3 saturated heterocycles. The van der Waals surface area contributed by atoms with Gasteiger partial charge in [0.15, 0.2) is 0 Å². The van der Waals surface area contributed by atoms with E-state index in [0.717, 1.165) is 0 Å². The number of hydrogen-bond acceptors (Lipinski definition) is 8. The number of nitrogens with zero attached hydrogens (tertiary/aromatic N) is 2. The fourth-order valence-electron chi connectivity index (χ4n) is 7.07. The molecule has 0 radical (unpaired) electrons. The van der Waals surface area contributed by atoms with Crippen molar-refractivity contribution < 1.29 is 38.5 Å². The summed E-state index contributed by atoms with van der Waals surface area (Å²) < 4.78 is 17.6. The number of amides is 3. The van der Waals surface area contributed by atoms with E-state index in [9.17, 15) is 24.3 Å². The summed E-state index contributed by atoms with van der Waals surface area (Å²) in [6.07, 6.45) is 4.40. The van der Waals surface area contributed by atoms with E-state index in [1.165, 1.54) is 4.90 Å². The van der Waals surface area contributed by atoms with Crippen LogP contribution in [0.3, 0.4) is 0 Å². The highest BCUT2D eigenvalue weighted by Crippen LogP contribution is 2.59. The number of fused-ring (bicyclic) bond motifs is 1. The maximum Gasteiger partial charge on any atom is 0.312 e. The molecule has 0 unspecified atom stereocenters. The zero-order chi connectivity index (χ0) is 32.9. The fraction of sp³-hybridized carbons (Fsp3) is 0.588. The van der Waals surface area contributed by atoms with Crippen LogP contribution in [0.1, 0.15) is 52.9 Å². The number of aliphatic hydroxyl groups is 1. The molecule has 45 heavy (non-hydrogen) atoms. The Morgan fingerprint density at radius 3 is 2.53 bits per heavy atom. The predicted molar refractivity (Wildman–Crippen MR) is 168 cm³/mol. The van der Waals surface area contributed by atoms with Gasteiger partial charge in [0.25, 0.3) is 5.91 Å². The molecule has 1 aromatic rings. The van der Waals surface area contributed by atoms with Crippen molar-refractivity contribution in [3.8, 4) is 5.75 Å². The average Bonchev–Trinajstić information content (AvgIpc) is 3.69. The van der Waals surface area contributed by atoms with E-state index < -0.39 is 53.6 Å². The van der Waals surface area contributed by atoms with Crippen LogP contribution in [0, 0.1) is 17.8 Å². The summed E-state index contributed by atoms with van der Waals surface area (Å²) in [5.41, 5.74) is -0.679. The number of ether oxygens (including phenoxy) is 3. The third-order valence-corrected chi connectivity index (χ3v) is 9.53. The summed E-state index contributed by atoms with van der Waals surface area (Å²) in [7, 11) is 1.56. The number of aliphatic hydroxyl groups excluding tert-OH is 1. The van der Waals surface area contributed by atoms with Gasteiger partial charge in [-0.15, -0.1) is 13.2 Å². The molecule has 246 valence electrons. The Labute approximate surface area is 265 Å². The second kappa shape index (κ2) is 14.6. The number of carbonyl (C=O) groups excluding carboxylic acids is 4. The van der Waals surface area contributed by atoms with Crippen LogP contribution in [-0.2, 0) is 28.7 Å². The maximum absolute atomic E-state index is 14.7. The van der Waals surface area contributed by atoms with E-state index in [1.54, 1.807) is 55.4 Å². The van der Waals surface area contributed by atoms with E-state index in [4.69, 9.17) is 14.2 Å². The molecule has 1 spiro atoms. The number of rotatable bonds is 16. The molecular formula is C34H47N3O8. The molecule has 2 bridgehead atoms. The molecule has 3 aliphatic rings. The Morgan fingerprint density at radius 1 is 1.22 bits per heavy atom.